The number of benzene rings is 2. The van der Waals surface area contributed by atoms with Crippen molar-refractivity contribution in [1.29, 1.82) is 0 Å². The van der Waals surface area contributed by atoms with E-state index >= 15 is 0 Å². The Hall–Kier alpha value is -2.59. The lowest BCUT2D eigenvalue weighted by Gasteiger charge is -2.17. The highest BCUT2D eigenvalue weighted by molar-refractivity contribution is 6.32. The maximum absolute atomic E-state index is 12.4. The van der Waals surface area contributed by atoms with Crippen molar-refractivity contribution in [2.75, 3.05) is 5.32 Å². The van der Waals surface area contributed by atoms with Crippen molar-refractivity contribution in [3.8, 4) is 0 Å². The Morgan fingerprint density at radius 3 is 2.48 bits per heavy atom. The molecule has 0 aliphatic carbocycles. The van der Waals surface area contributed by atoms with Crippen LogP contribution in [-0.2, 0) is 14.3 Å². The smallest absolute Gasteiger partial charge is 0.331 e. The van der Waals surface area contributed by atoms with Crippen LogP contribution in [0.2, 0.25) is 5.02 Å². The second kappa shape index (κ2) is 9.93. The first-order chi connectivity index (χ1) is 12.9. The molecule has 0 unspecified atom stereocenters. The Morgan fingerprint density at radius 2 is 1.78 bits per heavy atom. The van der Waals surface area contributed by atoms with Crippen LogP contribution in [-0.4, -0.2) is 18.0 Å². The van der Waals surface area contributed by atoms with Crippen LogP contribution in [0.25, 0.3) is 6.08 Å². The molecule has 0 spiro atoms. The average Bonchev–Trinajstić information content (AvgIpc) is 2.67. The van der Waals surface area contributed by atoms with E-state index < -0.39 is 12.1 Å². The van der Waals surface area contributed by atoms with E-state index in [0.717, 1.165) is 17.7 Å². The van der Waals surface area contributed by atoms with Crippen molar-refractivity contribution in [3.63, 3.8) is 0 Å². The monoisotopic (exact) mass is 385 g/mol. The van der Waals surface area contributed by atoms with Gasteiger partial charge >= 0.3 is 5.97 Å². The summed E-state index contributed by atoms with van der Waals surface area (Å²) in [6.45, 7) is 5.75. The van der Waals surface area contributed by atoms with Gasteiger partial charge in [0.1, 0.15) is 0 Å². The molecule has 0 saturated heterocycles. The van der Waals surface area contributed by atoms with Gasteiger partial charge in [-0.2, -0.15) is 0 Å². The molecule has 2 atom stereocenters. The number of halogens is 1. The number of nitrogens with one attached hydrogen (secondary N) is 1. The van der Waals surface area contributed by atoms with Crippen LogP contribution >= 0.6 is 11.6 Å². The van der Waals surface area contributed by atoms with Crippen molar-refractivity contribution in [2.45, 2.75) is 39.2 Å². The molecule has 5 heteroatoms. The van der Waals surface area contributed by atoms with Gasteiger partial charge in [-0.3, -0.25) is 4.79 Å². The zero-order valence-corrected chi connectivity index (χ0v) is 16.5. The number of esters is 1. The third-order valence-electron chi connectivity index (χ3n) is 4.33. The molecule has 0 heterocycles. The molecule has 0 aromatic heterocycles. The first-order valence-corrected chi connectivity index (χ1v) is 9.33. The van der Waals surface area contributed by atoms with Gasteiger partial charge in [0.25, 0.3) is 5.91 Å². The summed E-state index contributed by atoms with van der Waals surface area (Å²) in [5.74, 6) is -0.657. The summed E-state index contributed by atoms with van der Waals surface area (Å²) < 4.78 is 5.19. The van der Waals surface area contributed by atoms with Gasteiger partial charge in [0.2, 0.25) is 0 Å². The summed E-state index contributed by atoms with van der Waals surface area (Å²) in [5, 5.41) is 3.39. The van der Waals surface area contributed by atoms with E-state index in [-0.39, 0.29) is 5.91 Å². The van der Waals surface area contributed by atoms with Crippen LogP contribution < -0.4 is 5.32 Å². The summed E-state index contributed by atoms with van der Waals surface area (Å²) in [6.07, 6.45) is 2.87. The molecule has 0 aliphatic rings. The minimum atomic E-state index is -0.918. The molecule has 0 aliphatic heterocycles. The molecule has 0 fully saturated rings. The maximum Gasteiger partial charge on any atom is 0.331 e. The second-order valence-corrected chi connectivity index (χ2v) is 6.73. The molecular weight excluding hydrogens is 362 g/mol. The summed E-state index contributed by atoms with van der Waals surface area (Å²) in [7, 11) is 0. The number of para-hydroxylation sites is 1. The van der Waals surface area contributed by atoms with Crippen LogP contribution in [0.4, 0.5) is 5.69 Å². The zero-order valence-electron chi connectivity index (χ0n) is 15.7. The molecule has 27 heavy (non-hydrogen) atoms. The molecule has 0 bridgehead atoms. The highest BCUT2D eigenvalue weighted by Crippen LogP contribution is 2.26. The van der Waals surface area contributed by atoms with Crippen molar-refractivity contribution in [2.24, 2.45) is 0 Å². The van der Waals surface area contributed by atoms with E-state index in [1.54, 1.807) is 25.1 Å². The lowest BCUT2D eigenvalue weighted by atomic mass is 9.97. The van der Waals surface area contributed by atoms with Gasteiger partial charge in [0.15, 0.2) is 6.10 Å². The second-order valence-electron chi connectivity index (χ2n) is 6.32. The molecule has 1 N–H and O–H groups in total. The number of hydrogen-bond donors (Lipinski definition) is 1. The standard InChI is InChI=1S/C22H24ClNO3/c1-4-15(2)18-10-6-8-12-20(18)24-22(26)16(3)27-21(25)14-13-17-9-5-7-11-19(17)23/h5-16H,4H2,1-3H3,(H,24,26)/b14-13+/t15-,16+/m0/s1. The molecular formula is C22H24ClNO3. The predicted molar refractivity (Wildman–Crippen MR) is 110 cm³/mol. The van der Waals surface area contributed by atoms with E-state index in [1.165, 1.54) is 6.08 Å². The molecule has 0 radical (unpaired) electrons. The number of ether oxygens (including phenoxy) is 1. The topological polar surface area (TPSA) is 55.4 Å². The molecule has 2 rings (SSSR count). The number of rotatable bonds is 7. The van der Waals surface area contributed by atoms with Crippen molar-refractivity contribution < 1.29 is 14.3 Å². The molecule has 1 amide bonds. The zero-order chi connectivity index (χ0) is 19.8. The summed E-state index contributed by atoms with van der Waals surface area (Å²) in [4.78, 5) is 24.4. The largest absolute Gasteiger partial charge is 0.449 e. The number of anilines is 1. The SMILES string of the molecule is CC[C@H](C)c1ccccc1NC(=O)[C@@H](C)OC(=O)/C=C/c1ccccc1Cl. The Balaban J connectivity index is 1.98. The Bertz CT molecular complexity index is 832. The highest BCUT2D eigenvalue weighted by Gasteiger charge is 2.18. The summed E-state index contributed by atoms with van der Waals surface area (Å²) >= 11 is 6.04. The fourth-order valence-electron chi connectivity index (χ4n) is 2.53. The molecule has 2 aromatic rings. The van der Waals surface area contributed by atoms with Gasteiger partial charge < -0.3 is 10.1 Å². The van der Waals surface area contributed by atoms with Crippen LogP contribution in [0.15, 0.2) is 54.6 Å². The van der Waals surface area contributed by atoms with E-state index in [4.69, 9.17) is 16.3 Å². The van der Waals surface area contributed by atoms with Crippen molar-refractivity contribution in [1.82, 2.24) is 0 Å². The van der Waals surface area contributed by atoms with Gasteiger partial charge in [-0.15, -0.1) is 0 Å². The predicted octanol–water partition coefficient (Wildman–Crippen LogP) is 5.44. The van der Waals surface area contributed by atoms with Gasteiger partial charge in [0.05, 0.1) is 0 Å². The lowest BCUT2D eigenvalue weighted by molar-refractivity contribution is -0.148. The van der Waals surface area contributed by atoms with E-state index in [1.807, 2.05) is 36.4 Å². The summed E-state index contributed by atoms with van der Waals surface area (Å²) in [5.41, 5.74) is 2.51. The average molecular weight is 386 g/mol. The maximum atomic E-state index is 12.4. The fraction of sp³-hybridized carbons (Fsp3) is 0.273. The third kappa shape index (κ3) is 5.97. The number of amides is 1. The number of hydrogen-bond acceptors (Lipinski definition) is 3. The Kier molecular flexibility index (Phi) is 7.62. The normalized spacial score (nSPS) is 13.2. The van der Waals surface area contributed by atoms with Gasteiger partial charge in [-0.25, -0.2) is 4.79 Å². The van der Waals surface area contributed by atoms with E-state index in [2.05, 4.69) is 19.2 Å². The van der Waals surface area contributed by atoms with Crippen molar-refractivity contribution in [3.05, 3.63) is 70.8 Å². The minimum absolute atomic E-state index is 0.318. The first kappa shape index (κ1) is 20.7. The third-order valence-corrected chi connectivity index (χ3v) is 4.67. The summed E-state index contributed by atoms with van der Waals surface area (Å²) in [6, 6.07) is 14.8. The van der Waals surface area contributed by atoms with Gasteiger partial charge in [-0.1, -0.05) is 61.8 Å². The molecule has 4 nitrogen and oxygen atoms in total. The Labute approximate surface area is 165 Å². The molecule has 2 aromatic carbocycles. The van der Waals surface area contributed by atoms with Crippen molar-refractivity contribution >= 4 is 35.2 Å². The van der Waals surface area contributed by atoms with E-state index in [9.17, 15) is 9.59 Å². The molecule has 142 valence electrons. The molecule has 0 saturated carbocycles. The highest BCUT2D eigenvalue weighted by atomic mass is 35.5. The van der Waals surface area contributed by atoms with Crippen LogP contribution in [0.1, 0.15) is 44.2 Å². The number of carbonyl (C=O) groups excluding carboxylic acids is 2. The quantitative estimate of drug-likeness (QED) is 0.510. The first-order valence-electron chi connectivity index (χ1n) is 8.95. The van der Waals surface area contributed by atoms with Gasteiger partial charge in [-0.05, 0) is 48.6 Å². The van der Waals surface area contributed by atoms with Crippen LogP contribution in [0.5, 0.6) is 0 Å². The Morgan fingerprint density at radius 1 is 1.11 bits per heavy atom. The lowest BCUT2D eigenvalue weighted by Crippen LogP contribution is -2.29. The number of carbonyl (C=O) groups is 2. The van der Waals surface area contributed by atoms with Crippen LogP contribution in [0, 0.1) is 0 Å². The minimum Gasteiger partial charge on any atom is -0.449 e. The fourth-order valence-corrected chi connectivity index (χ4v) is 2.73. The van der Waals surface area contributed by atoms with Gasteiger partial charge in [0, 0.05) is 16.8 Å². The van der Waals surface area contributed by atoms with E-state index in [0.29, 0.717) is 16.5 Å². The van der Waals surface area contributed by atoms with Crippen LogP contribution in [0.3, 0.4) is 0 Å².